The third kappa shape index (κ3) is 4.65. The first-order valence-electron chi connectivity index (χ1n) is 10.7. The van der Waals surface area contributed by atoms with E-state index in [0.717, 1.165) is 12.8 Å². The van der Waals surface area contributed by atoms with Crippen molar-refractivity contribution in [1.29, 1.82) is 0 Å². The second-order valence-corrected chi connectivity index (χ2v) is 10.5. The summed E-state index contributed by atoms with van der Waals surface area (Å²) in [6, 6.07) is 7.57. The maximum absolute atomic E-state index is 13.4. The number of sulfonamides is 1. The molecule has 0 bridgehead atoms. The number of H-pyrrole nitrogens is 1. The first kappa shape index (κ1) is 22.7. The van der Waals surface area contributed by atoms with Crippen LogP contribution in [0.25, 0.3) is 10.9 Å². The molecule has 1 aliphatic rings. The van der Waals surface area contributed by atoms with Crippen molar-refractivity contribution in [2.24, 2.45) is 5.92 Å². The lowest BCUT2D eigenvalue weighted by Crippen LogP contribution is -2.50. The van der Waals surface area contributed by atoms with E-state index in [-0.39, 0.29) is 17.2 Å². The Kier molecular flexibility index (Phi) is 6.50. The van der Waals surface area contributed by atoms with Crippen LogP contribution in [-0.4, -0.2) is 47.9 Å². The zero-order chi connectivity index (χ0) is 22.9. The van der Waals surface area contributed by atoms with Gasteiger partial charge in [0.15, 0.2) is 0 Å². The van der Waals surface area contributed by atoms with Crippen LogP contribution in [0.1, 0.15) is 26.2 Å². The lowest BCUT2D eigenvalue weighted by Gasteiger charge is -2.33. The van der Waals surface area contributed by atoms with E-state index in [4.69, 9.17) is 17.3 Å². The average Bonchev–Trinajstić information content (AvgIpc) is 3.36. The van der Waals surface area contributed by atoms with E-state index in [2.05, 4.69) is 16.6 Å². The third-order valence-corrected chi connectivity index (χ3v) is 7.94. The highest BCUT2D eigenvalue weighted by molar-refractivity contribution is 7.89. The summed E-state index contributed by atoms with van der Waals surface area (Å²) in [6.07, 6.45) is 5.47. The van der Waals surface area contributed by atoms with Gasteiger partial charge in [0.25, 0.3) is 0 Å². The molecule has 1 unspecified atom stereocenters. The molecule has 0 spiro atoms. The maximum Gasteiger partial charge on any atom is 0.242 e. The smallest absolute Gasteiger partial charge is 0.242 e. The minimum atomic E-state index is -4.02. The first-order valence-corrected chi connectivity index (χ1v) is 12.6. The highest BCUT2D eigenvalue weighted by Crippen LogP contribution is 2.30. The van der Waals surface area contributed by atoms with Gasteiger partial charge in [-0.05, 0) is 49.4 Å². The zero-order valence-electron chi connectivity index (χ0n) is 17.9. The number of nitrogen functional groups attached to an aromatic ring is 1. The van der Waals surface area contributed by atoms with Crippen LogP contribution in [0.4, 0.5) is 5.82 Å². The number of carbonyl (C=O) groups excluding carboxylic acids is 1. The number of aromatic amines is 1. The molecule has 172 valence electrons. The van der Waals surface area contributed by atoms with Crippen LogP contribution in [0.5, 0.6) is 0 Å². The van der Waals surface area contributed by atoms with Gasteiger partial charge in [0, 0.05) is 42.9 Å². The molecule has 1 fully saturated rings. The number of nitrogens with two attached hydrogens (primary N) is 1. The maximum atomic E-state index is 13.4. The topological polar surface area (TPSA) is 113 Å². The molecular weight excluding hydrogens is 450 g/mol. The molecule has 10 heteroatoms. The minimum Gasteiger partial charge on any atom is -0.385 e. The van der Waals surface area contributed by atoms with E-state index in [1.807, 2.05) is 12.3 Å². The molecule has 2 aromatic heterocycles. The number of rotatable bonds is 7. The molecular formula is C22H28ClN5O3S. The fourth-order valence-corrected chi connectivity index (χ4v) is 5.95. The standard InChI is InChI=1S/C22H28ClN5O3S/c1-15-7-11-28(12-8-15)22(29)18(9-13-27-10-3-6-20(27)24)26-32(30,31)19-5-2-4-17-21(19)16(23)14-25-17/h2-6,10,14-15,18,25-26H,7-9,11-13,24H2,1H3. The van der Waals surface area contributed by atoms with Crippen molar-refractivity contribution in [3.05, 3.63) is 47.7 Å². The van der Waals surface area contributed by atoms with Crippen molar-refractivity contribution in [2.75, 3.05) is 18.8 Å². The number of benzene rings is 1. The van der Waals surface area contributed by atoms with Gasteiger partial charge in [-0.25, -0.2) is 8.42 Å². The lowest BCUT2D eigenvalue weighted by atomic mass is 9.98. The van der Waals surface area contributed by atoms with Crippen LogP contribution in [0.2, 0.25) is 5.02 Å². The Morgan fingerprint density at radius 1 is 1.28 bits per heavy atom. The van der Waals surface area contributed by atoms with Gasteiger partial charge in [0.05, 0.1) is 9.92 Å². The van der Waals surface area contributed by atoms with E-state index in [1.54, 1.807) is 33.9 Å². The Morgan fingerprint density at radius 2 is 2.03 bits per heavy atom. The summed E-state index contributed by atoms with van der Waals surface area (Å²) in [7, 11) is -4.02. The Balaban J connectivity index is 1.61. The summed E-state index contributed by atoms with van der Waals surface area (Å²) in [5.41, 5.74) is 6.57. The number of amides is 1. The Bertz CT molecular complexity index is 1210. The van der Waals surface area contributed by atoms with Crippen molar-refractivity contribution < 1.29 is 13.2 Å². The highest BCUT2D eigenvalue weighted by atomic mass is 35.5. The number of aryl methyl sites for hydroxylation is 1. The number of anilines is 1. The molecule has 32 heavy (non-hydrogen) atoms. The van der Waals surface area contributed by atoms with Gasteiger partial charge in [0.2, 0.25) is 15.9 Å². The molecule has 3 heterocycles. The minimum absolute atomic E-state index is 0.0480. The Morgan fingerprint density at radius 3 is 2.72 bits per heavy atom. The van der Waals surface area contributed by atoms with Gasteiger partial charge in [-0.15, -0.1) is 0 Å². The molecule has 0 aliphatic carbocycles. The molecule has 0 saturated carbocycles. The monoisotopic (exact) mass is 477 g/mol. The van der Waals surface area contributed by atoms with Gasteiger partial charge < -0.3 is 20.2 Å². The third-order valence-electron chi connectivity index (χ3n) is 6.12. The Hall–Kier alpha value is -2.49. The number of halogens is 1. The molecule has 1 atom stereocenters. The van der Waals surface area contributed by atoms with Crippen LogP contribution in [-0.2, 0) is 21.4 Å². The number of fused-ring (bicyclic) bond motifs is 1. The number of nitrogens with zero attached hydrogens (tertiary/aromatic N) is 2. The predicted molar refractivity (Wildman–Crippen MR) is 126 cm³/mol. The summed E-state index contributed by atoms with van der Waals surface area (Å²) < 4.78 is 31.2. The van der Waals surface area contributed by atoms with Gasteiger partial charge in [-0.2, -0.15) is 4.72 Å². The van der Waals surface area contributed by atoms with Crippen molar-refractivity contribution in [1.82, 2.24) is 19.2 Å². The molecule has 4 rings (SSSR count). The Labute approximate surface area is 192 Å². The van der Waals surface area contributed by atoms with Crippen molar-refractivity contribution in [3.63, 3.8) is 0 Å². The molecule has 1 aliphatic heterocycles. The first-order chi connectivity index (χ1) is 15.3. The fraction of sp³-hybridized carbons (Fsp3) is 0.409. The van der Waals surface area contributed by atoms with E-state index in [1.165, 1.54) is 6.07 Å². The SMILES string of the molecule is CC1CCN(C(=O)C(CCn2cccc2N)NS(=O)(=O)c2cccc3[nH]cc(Cl)c23)CC1. The van der Waals surface area contributed by atoms with E-state index < -0.39 is 16.1 Å². The van der Waals surface area contributed by atoms with Gasteiger partial charge in [-0.1, -0.05) is 24.6 Å². The number of piperidine rings is 1. The number of likely N-dealkylation sites (tertiary alicyclic amines) is 1. The van der Waals surface area contributed by atoms with Crippen LogP contribution in [0.15, 0.2) is 47.6 Å². The molecule has 4 N–H and O–H groups in total. The molecule has 1 saturated heterocycles. The van der Waals surface area contributed by atoms with Crippen molar-refractivity contribution in [2.45, 2.75) is 43.7 Å². The normalized spacial score (nSPS) is 16.5. The van der Waals surface area contributed by atoms with Crippen LogP contribution in [0, 0.1) is 5.92 Å². The molecule has 1 aromatic carbocycles. The summed E-state index contributed by atoms with van der Waals surface area (Å²) in [4.78, 5) is 18.1. The lowest BCUT2D eigenvalue weighted by molar-refractivity contribution is -0.134. The van der Waals surface area contributed by atoms with Crippen LogP contribution >= 0.6 is 11.6 Å². The second-order valence-electron chi connectivity index (χ2n) is 8.41. The summed E-state index contributed by atoms with van der Waals surface area (Å²) >= 11 is 6.25. The summed E-state index contributed by atoms with van der Waals surface area (Å²) in [5, 5.41) is 0.725. The summed E-state index contributed by atoms with van der Waals surface area (Å²) in [5.74, 6) is 0.912. The number of hydrogen-bond donors (Lipinski definition) is 3. The number of hydrogen-bond acceptors (Lipinski definition) is 4. The number of carbonyl (C=O) groups is 1. The van der Waals surface area contributed by atoms with E-state index in [0.29, 0.717) is 47.3 Å². The predicted octanol–water partition coefficient (Wildman–Crippen LogP) is 3.20. The highest BCUT2D eigenvalue weighted by Gasteiger charge is 2.32. The summed E-state index contributed by atoms with van der Waals surface area (Å²) in [6.45, 7) is 3.83. The molecule has 1 amide bonds. The zero-order valence-corrected chi connectivity index (χ0v) is 19.5. The number of aromatic nitrogens is 2. The van der Waals surface area contributed by atoms with E-state index in [9.17, 15) is 13.2 Å². The second kappa shape index (κ2) is 9.17. The van der Waals surface area contributed by atoms with Gasteiger partial charge >= 0.3 is 0 Å². The number of nitrogens with one attached hydrogen (secondary N) is 2. The van der Waals surface area contributed by atoms with E-state index >= 15 is 0 Å². The fourth-order valence-electron chi connectivity index (χ4n) is 4.17. The van der Waals surface area contributed by atoms with Crippen molar-refractivity contribution >= 4 is 44.3 Å². The van der Waals surface area contributed by atoms with Crippen LogP contribution < -0.4 is 10.5 Å². The van der Waals surface area contributed by atoms with Gasteiger partial charge in [-0.3, -0.25) is 4.79 Å². The van der Waals surface area contributed by atoms with Crippen molar-refractivity contribution in [3.8, 4) is 0 Å². The average molecular weight is 478 g/mol. The molecule has 3 aromatic rings. The largest absolute Gasteiger partial charge is 0.385 e. The molecule has 0 radical (unpaired) electrons. The van der Waals surface area contributed by atoms with Crippen LogP contribution in [0.3, 0.4) is 0 Å². The van der Waals surface area contributed by atoms with Gasteiger partial charge in [0.1, 0.15) is 11.9 Å². The quantitative estimate of drug-likeness (QED) is 0.484. The molecule has 8 nitrogen and oxygen atoms in total.